The van der Waals surface area contributed by atoms with Crippen LogP contribution in [0.25, 0.3) is 0 Å². The summed E-state index contributed by atoms with van der Waals surface area (Å²) in [6.45, 7) is 3.44. The predicted molar refractivity (Wildman–Crippen MR) is 102 cm³/mol. The standard InChI is InChI=1S/C21H28N2O4/c1-13-4-6-14(7-5-13)16(22-24)11-17-19-15(8-9-23(17)2)10-18-20(21(19)25-3)27-12-26-18/h4,10,14,17,24H,5-9,11-12H2,1-3H3/p+1/t14-,17+/m0/s1. The van der Waals surface area contributed by atoms with Crippen LogP contribution in [-0.4, -0.2) is 38.4 Å². The quantitative estimate of drug-likeness (QED) is 0.368. The number of methoxy groups -OCH3 is 1. The van der Waals surface area contributed by atoms with Crippen molar-refractivity contribution in [3.63, 3.8) is 0 Å². The van der Waals surface area contributed by atoms with Crippen LogP contribution >= 0.6 is 0 Å². The summed E-state index contributed by atoms with van der Waals surface area (Å²) >= 11 is 0. The Kier molecular flexibility index (Phi) is 5.00. The van der Waals surface area contributed by atoms with E-state index in [0.29, 0.717) is 11.7 Å². The molecule has 1 aromatic carbocycles. The molecule has 146 valence electrons. The maximum atomic E-state index is 9.77. The maximum Gasteiger partial charge on any atom is 0.231 e. The highest BCUT2D eigenvalue weighted by Crippen LogP contribution is 2.48. The Hall–Kier alpha value is -2.21. The van der Waals surface area contributed by atoms with Gasteiger partial charge in [-0.1, -0.05) is 16.8 Å². The summed E-state index contributed by atoms with van der Waals surface area (Å²) in [5.41, 5.74) is 4.76. The molecule has 6 heteroatoms. The number of allylic oxidation sites excluding steroid dienone is 2. The number of nitrogens with zero attached hydrogens (tertiary/aromatic N) is 1. The van der Waals surface area contributed by atoms with E-state index < -0.39 is 0 Å². The van der Waals surface area contributed by atoms with Crippen LogP contribution < -0.4 is 19.1 Å². The molecule has 1 unspecified atom stereocenters. The van der Waals surface area contributed by atoms with Gasteiger partial charge in [-0.3, -0.25) is 0 Å². The third kappa shape index (κ3) is 3.27. The van der Waals surface area contributed by atoms with Gasteiger partial charge in [0.25, 0.3) is 0 Å². The molecule has 0 bridgehead atoms. The monoisotopic (exact) mass is 373 g/mol. The molecule has 2 aliphatic heterocycles. The summed E-state index contributed by atoms with van der Waals surface area (Å²) in [7, 11) is 3.89. The van der Waals surface area contributed by atoms with Gasteiger partial charge in [-0.05, 0) is 37.8 Å². The smallest absolute Gasteiger partial charge is 0.231 e. The summed E-state index contributed by atoms with van der Waals surface area (Å²) in [4.78, 5) is 1.41. The average Bonchev–Trinajstić information content (AvgIpc) is 3.15. The number of ether oxygens (including phenoxy) is 3. The molecule has 2 heterocycles. The van der Waals surface area contributed by atoms with E-state index in [1.807, 2.05) is 0 Å². The summed E-state index contributed by atoms with van der Waals surface area (Å²) in [6.07, 6.45) is 7.07. The zero-order valence-electron chi connectivity index (χ0n) is 16.4. The van der Waals surface area contributed by atoms with Gasteiger partial charge in [0.05, 0.1) is 32.0 Å². The Morgan fingerprint density at radius 1 is 1.37 bits per heavy atom. The van der Waals surface area contributed by atoms with Gasteiger partial charge in [0, 0.05) is 18.8 Å². The molecule has 0 aromatic heterocycles. The molecule has 0 amide bonds. The van der Waals surface area contributed by atoms with Gasteiger partial charge in [-0.25, -0.2) is 0 Å². The fourth-order valence-electron chi connectivity index (χ4n) is 4.66. The van der Waals surface area contributed by atoms with E-state index >= 15 is 0 Å². The molecule has 6 nitrogen and oxygen atoms in total. The molecule has 0 fully saturated rings. The van der Waals surface area contributed by atoms with E-state index in [1.54, 1.807) is 7.11 Å². The number of likely N-dealkylation sites (N-methyl/N-ethyl adjacent to an activating group) is 1. The van der Waals surface area contributed by atoms with Crippen molar-refractivity contribution >= 4 is 5.71 Å². The second kappa shape index (κ2) is 7.43. The Bertz CT molecular complexity index is 787. The average molecular weight is 373 g/mol. The Morgan fingerprint density at radius 2 is 2.22 bits per heavy atom. The molecular weight excluding hydrogens is 344 g/mol. The minimum Gasteiger partial charge on any atom is -0.492 e. The maximum absolute atomic E-state index is 9.77. The van der Waals surface area contributed by atoms with Gasteiger partial charge in [0.2, 0.25) is 12.5 Å². The van der Waals surface area contributed by atoms with Crippen LogP contribution in [0.4, 0.5) is 0 Å². The van der Waals surface area contributed by atoms with Crippen molar-refractivity contribution < 1.29 is 24.3 Å². The van der Waals surface area contributed by atoms with Gasteiger partial charge in [0.15, 0.2) is 11.5 Å². The molecule has 0 radical (unpaired) electrons. The first-order valence-corrected chi connectivity index (χ1v) is 9.80. The highest BCUT2D eigenvalue weighted by atomic mass is 16.7. The first-order chi connectivity index (χ1) is 13.1. The summed E-state index contributed by atoms with van der Waals surface area (Å²) in [5.74, 6) is 2.57. The normalized spacial score (nSPS) is 27.1. The lowest BCUT2D eigenvalue weighted by Gasteiger charge is -2.34. The summed E-state index contributed by atoms with van der Waals surface area (Å²) in [6, 6.07) is 2.28. The van der Waals surface area contributed by atoms with Gasteiger partial charge < -0.3 is 24.3 Å². The van der Waals surface area contributed by atoms with Crippen molar-refractivity contribution in [1.29, 1.82) is 0 Å². The van der Waals surface area contributed by atoms with Crippen molar-refractivity contribution in [2.24, 2.45) is 11.1 Å². The van der Waals surface area contributed by atoms with Crippen molar-refractivity contribution in [2.75, 3.05) is 27.5 Å². The van der Waals surface area contributed by atoms with E-state index in [4.69, 9.17) is 14.2 Å². The van der Waals surface area contributed by atoms with Crippen molar-refractivity contribution in [2.45, 2.75) is 45.1 Å². The van der Waals surface area contributed by atoms with Crippen molar-refractivity contribution in [3.8, 4) is 17.2 Å². The molecule has 0 saturated heterocycles. The molecule has 1 aliphatic carbocycles. The van der Waals surface area contributed by atoms with Crippen LogP contribution in [-0.2, 0) is 6.42 Å². The summed E-state index contributed by atoms with van der Waals surface area (Å²) < 4.78 is 17.1. The minimum absolute atomic E-state index is 0.177. The third-order valence-electron chi connectivity index (χ3n) is 6.33. The second-order valence-electron chi connectivity index (χ2n) is 7.93. The lowest BCUT2D eigenvalue weighted by Crippen LogP contribution is -3.10. The number of oxime groups is 1. The van der Waals surface area contributed by atoms with Gasteiger partial charge in [0.1, 0.15) is 6.04 Å². The number of hydrogen-bond acceptors (Lipinski definition) is 5. The van der Waals surface area contributed by atoms with Crippen LogP contribution in [0.15, 0.2) is 22.9 Å². The first-order valence-electron chi connectivity index (χ1n) is 9.80. The van der Waals surface area contributed by atoms with Gasteiger partial charge in [-0.15, -0.1) is 0 Å². The molecule has 3 aliphatic rings. The fourth-order valence-corrected chi connectivity index (χ4v) is 4.66. The summed E-state index contributed by atoms with van der Waals surface area (Å²) in [5, 5.41) is 13.5. The number of nitrogens with one attached hydrogen (secondary N) is 1. The number of quaternary nitrogens is 1. The molecule has 3 atom stereocenters. The number of hydrogen-bond donors (Lipinski definition) is 2. The number of benzene rings is 1. The van der Waals surface area contributed by atoms with Gasteiger partial charge in [-0.2, -0.15) is 0 Å². The topological polar surface area (TPSA) is 64.7 Å². The van der Waals surface area contributed by atoms with E-state index in [9.17, 15) is 5.21 Å². The molecule has 0 spiro atoms. The van der Waals surface area contributed by atoms with E-state index in [2.05, 4.69) is 31.3 Å². The van der Waals surface area contributed by atoms with E-state index in [0.717, 1.165) is 55.9 Å². The van der Waals surface area contributed by atoms with Gasteiger partial charge >= 0.3 is 0 Å². The molecule has 2 N–H and O–H groups in total. The predicted octanol–water partition coefficient (Wildman–Crippen LogP) is 2.50. The Morgan fingerprint density at radius 3 is 2.93 bits per heavy atom. The van der Waals surface area contributed by atoms with E-state index in [-0.39, 0.29) is 12.8 Å². The number of fused-ring (bicyclic) bond motifs is 2. The zero-order valence-corrected chi connectivity index (χ0v) is 16.4. The largest absolute Gasteiger partial charge is 0.492 e. The third-order valence-corrected chi connectivity index (χ3v) is 6.33. The molecule has 0 saturated carbocycles. The molecule has 27 heavy (non-hydrogen) atoms. The van der Waals surface area contributed by atoms with Crippen LogP contribution in [0.2, 0.25) is 0 Å². The highest BCUT2D eigenvalue weighted by Gasteiger charge is 2.38. The van der Waals surface area contributed by atoms with Crippen LogP contribution in [0.3, 0.4) is 0 Å². The number of rotatable bonds is 4. The fraction of sp³-hybridized carbons (Fsp3) is 0.571. The molecule has 1 aromatic rings. The Balaban J connectivity index is 1.68. The van der Waals surface area contributed by atoms with Crippen LogP contribution in [0.5, 0.6) is 17.2 Å². The minimum atomic E-state index is 0.177. The van der Waals surface area contributed by atoms with Crippen molar-refractivity contribution in [1.82, 2.24) is 0 Å². The zero-order chi connectivity index (χ0) is 19.0. The lowest BCUT2D eigenvalue weighted by atomic mass is 9.81. The second-order valence-corrected chi connectivity index (χ2v) is 7.93. The van der Waals surface area contributed by atoms with Crippen molar-refractivity contribution in [3.05, 3.63) is 28.8 Å². The SMILES string of the molecule is COc1c2c(cc3c1[C@@H](CC(=NO)[C@H]1CC=C(C)CC1)[NH+](C)CC3)OCO2. The lowest BCUT2D eigenvalue weighted by molar-refractivity contribution is -0.913. The molecule has 4 rings (SSSR count). The molecular formula is C21H29N2O4+. The Labute approximate surface area is 160 Å². The van der Waals surface area contributed by atoms with Crippen LogP contribution in [0, 0.1) is 5.92 Å². The van der Waals surface area contributed by atoms with E-state index in [1.165, 1.54) is 21.6 Å². The first kappa shape index (κ1) is 18.2. The highest BCUT2D eigenvalue weighted by molar-refractivity contribution is 5.87. The van der Waals surface area contributed by atoms with Crippen LogP contribution in [0.1, 0.15) is 49.8 Å².